The van der Waals surface area contributed by atoms with Gasteiger partial charge in [0.25, 0.3) is 0 Å². The van der Waals surface area contributed by atoms with Crippen LogP contribution in [0.3, 0.4) is 0 Å². The molecule has 2 fully saturated rings. The first kappa shape index (κ1) is 37.8. The number of esters is 2. The van der Waals surface area contributed by atoms with Crippen LogP contribution in [0.1, 0.15) is 105 Å². The Labute approximate surface area is 299 Å². The van der Waals surface area contributed by atoms with E-state index in [4.69, 9.17) is 21.3 Å². The maximum atomic E-state index is 11.9. The smallest absolute Gasteiger partial charge is 0.354 e. The number of aromatic amines is 1. The monoisotopic (exact) mass is 730 g/mol. The topological polar surface area (TPSA) is 140 Å². The van der Waals surface area contributed by atoms with Gasteiger partial charge in [-0.05, 0) is 64.5 Å². The van der Waals surface area contributed by atoms with Gasteiger partial charge in [-0.3, -0.25) is 9.59 Å². The fourth-order valence-electron chi connectivity index (χ4n) is 5.30. The number of thiazole rings is 2. The van der Waals surface area contributed by atoms with E-state index in [9.17, 15) is 19.2 Å². The van der Waals surface area contributed by atoms with Crippen molar-refractivity contribution in [3.63, 3.8) is 0 Å². The third-order valence-corrected chi connectivity index (χ3v) is 10.2. The molecule has 49 heavy (non-hydrogen) atoms. The number of anilines is 2. The van der Waals surface area contributed by atoms with Gasteiger partial charge in [-0.2, -0.15) is 0 Å². The number of ether oxygens (including phenoxy) is 2. The second kappa shape index (κ2) is 18.7. The summed E-state index contributed by atoms with van der Waals surface area (Å²) in [6.07, 6.45) is 10.8. The standard InChI is InChI=1S/C17H21N3O3S.C9H13ClN2S.C8H9NO3/c1-12(21)13-8-15(16(22)23-2)20(9-13)10-14-11-24-17(18-14)19-6-4-3-5-7-19;10-6-8-7-13-9(11-8)12-4-2-1-3-5-12;1-5(10)6-3-7(9-4-6)8(11)12-2/h8-9,11H,3-7,10H2,1-2H3;7H,1-6H2;3-4,9H,1-2H3. The lowest BCUT2D eigenvalue weighted by Crippen LogP contribution is -2.29. The summed E-state index contributed by atoms with van der Waals surface area (Å²) in [6.45, 7) is 7.80. The van der Waals surface area contributed by atoms with Gasteiger partial charge in [0.1, 0.15) is 11.4 Å². The molecule has 0 amide bonds. The van der Waals surface area contributed by atoms with E-state index in [-0.39, 0.29) is 11.6 Å². The fourth-order valence-corrected chi connectivity index (χ4v) is 7.27. The first-order valence-corrected chi connectivity index (χ1v) is 18.4. The van der Waals surface area contributed by atoms with Crippen LogP contribution in [-0.4, -0.2) is 83.4 Å². The molecule has 4 aromatic heterocycles. The van der Waals surface area contributed by atoms with Crippen molar-refractivity contribution in [2.75, 3.05) is 50.2 Å². The number of H-pyrrole nitrogens is 1. The highest BCUT2D eigenvalue weighted by molar-refractivity contribution is 7.14. The van der Waals surface area contributed by atoms with Crippen molar-refractivity contribution in [1.29, 1.82) is 0 Å². The Morgan fingerprint density at radius 2 is 1.31 bits per heavy atom. The van der Waals surface area contributed by atoms with Crippen molar-refractivity contribution in [3.05, 3.63) is 69.2 Å². The summed E-state index contributed by atoms with van der Waals surface area (Å²) < 4.78 is 11.0. The van der Waals surface area contributed by atoms with E-state index >= 15 is 0 Å². The molecule has 0 saturated carbocycles. The quantitative estimate of drug-likeness (QED) is 0.111. The molecular formula is C34H43ClN6O6S2. The molecule has 264 valence electrons. The minimum Gasteiger partial charge on any atom is -0.464 e. The fraction of sp³-hybridized carbons (Fsp3) is 0.471. The van der Waals surface area contributed by atoms with Crippen molar-refractivity contribution in [1.82, 2.24) is 19.5 Å². The second-order valence-electron chi connectivity index (χ2n) is 11.6. The van der Waals surface area contributed by atoms with Crippen molar-refractivity contribution in [3.8, 4) is 0 Å². The minimum atomic E-state index is -0.470. The number of hydrogen-bond acceptors (Lipinski definition) is 12. The zero-order chi connectivity index (χ0) is 35.3. The lowest BCUT2D eigenvalue weighted by atomic mass is 10.1. The molecule has 12 nitrogen and oxygen atoms in total. The molecular weight excluding hydrogens is 688 g/mol. The van der Waals surface area contributed by atoms with E-state index in [1.54, 1.807) is 39.5 Å². The Morgan fingerprint density at radius 1 is 0.776 bits per heavy atom. The van der Waals surface area contributed by atoms with Crippen LogP contribution in [0.5, 0.6) is 0 Å². The Balaban J connectivity index is 0.000000182. The van der Waals surface area contributed by atoms with E-state index in [2.05, 4.69) is 29.9 Å². The van der Waals surface area contributed by atoms with E-state index in [1.165, 1.54) is 78.9 Å². The van der Waals surface area contributed by atoms with Crippen LogP contribution >= 0.6 is 34.3 Å². The number of nitrogens with zero attached hydrogens (tertiary/aromatic N) is 5. The third kappa shape index (κ3) is 10.7. The van der Waals surface area contributed by atoms with Crippen LogP contribution in [0.2, 0.25) is 0 Å². The van der Waals surface area contributed by atoms with Gasteiger partial charge < -0.3 is 28.8 Å². The van der Waals surface area contributed by atoms with Gasteiger partial charge in [-0.25, -0.2) is 19.6 Å². The lowest BCUT2D eigenvalue weighted by molar-refractivity contribution is 0.0582. The van der Waals surface area contributed by atoms with Crippen molar-refractivity contribution >= 4 is 68.0 Å². The van der Waals surface area contributed by atoms with Crippen LogP contribution in [0.25, 0.3) is 0 Å². The van der Waals surface area contributed by atoms with Gasteiger partial charge in [0.2, 0.25) is 0 Å². The predicted molar refractivity (Wildman–Crippen MR) is 193 cm³/mol. The van der Waals surface area contributed by atoms with Gasteiger partial charge in [0, 0.05) is 60.5 Å². The molecule has 2 aliphatic heterocycles. The molecule has 2 saturated heterocycles. The molecule has 0 aromatic carbocycles. The number of Topliss-reactive ketones (excluding diaryl/α,β-unsaturated/α-hetero) is 2. The summed E-state index contributed by atoms with van der Waals surface area (Å²) >= 11 is 9.04. The number of piperidine rings is 2. The number of aromatic nitrogens is 4. The zero-order valence-corrected chi connectivity index (χ0v) is 30.7. The maximum absolute atomic E-state index is 11.9. The highest BCUT2D eigenvalue weighted by Gasteiger charge is 2.19. The molecule has 0 unspecified atom stereocenters. The molecule has 0 spiro atoms. The molecule has 0 atom stereocenters. The Bertz CT molecular complexity index is 1700. The highest BCUT2D eigenvalue weighted by Crippen LogP contribution is 2.26. The second-order valence-corrected chi connectivity index (χ2v) is 13.6. The molecule has 0 radical (unpaired) electrons. The molecule has 6 rings (SSSR count). The minimum absolute atomic E-state index is 0.0776. The van der Waals surface area contributed by atoms with Crippen LogP contribution in [0, 0.1) is 0 Å². The average molecular weight is 731 g/mol. The van der Waals surface area contributed by atoms with Crippen LogP contribution in [0.4, 0.5) is 10.3 Å². The van der Waals surface area contributed by atoms with E-state index in [1.807, 2.05) is 5.38 Å². The summed E-state index contributed by atoms with van der Waals surface area (Å²) in [5.41, 5.74) is 3.54. The summed E-state index contributed by atoms with van der Waals surface area (Å²) in [5.74, 6) is -0.547. The number of rotatable bonds is 9. The average Bonchev–Trinajstić information content (AvgIpc) is 3.96. The molecule has 4 aromatic rings. The SMILES string of the molecule is COC(=O)c1cc(C(C)=O)c[nH]1.COC(=O)c1cc(C(C)=O)cn1Cc1csc(N2CCCCC2)n1.ClCc1csc(N2CCCCC2)n1. The van der Waals surface area contributed by atoms with Gasteiger partial charge in [0.05, 0.1) is 38.0 Å². The van der Waals surface area contributed by atoms with Gasteiger partial charge >= 0.3 is 11.9 Å². The molecule has 1 N–H and O–H groups in total. The normalized spacial score (nSPS) is 14.2. The number of nitrogens with one attached hydrogen (secondary N) is 1. The summed E-state index contributed by atoms with van der Waals surface area (Å²) in [4.78, 5) is 61.7. The number of ketones is 2. The van der Waals surface area contributed by atoms with E-state index in [0.29, 0.717) is 34.9 Å². The summed E-state index contributed by atoms with van der Waals surface area (Å²) in [5, 5.41) is 6.24. The van der Waals surface area contributed by atoms with Crippen molar-refractivity contribution in [2.24, 2.45) is 0 Å². The predicted octanol–water partition coefficient (Wildman–Crippen LogP) is 6.85. The van der Waals surface area contributed by atoms with Crippen LogP contribution < -0.4 is 9.80 Å². The van der Waals surface area contributed by atoms with Gasteiger partial charge in [0.15, 0.2) is 21.8 Å². The molecule has 15 heteroatoms. The summed E-state index contributed by atoms with van der Waals surface area (Å²) in [7, 11) is 2.63. The Kier molecular flexibility index (Phi) is 14.4. The van der Waals surface area contributed by atoms with Crippen molar-refractivity contribution in [2.45, 2.75) is 64.8 Å². The Hall–Kier alpha value is -4.01. The Morgan fingerprint density at radius 3 is 1.78 bits per heavy atom. The van der Waals surface area contributed by atoms with Crippen LogP contribution in [-0.2, 0) is 21.9 Å². The lowest BCUT2D eigenvalue weighted by Gasteiger charge is -2.25. The number of carbonyl (C=O) groups excluding carboxylic acids is 4. The maximum Gasteiger partial charge on any atom is 0.354 e. The first-order chi connectivity index (χ1) is 23.6. The molecule has 0 bridgehead atoms. The largest absolute Gasteiger partial charge is 0.464 e. The summed E-state index contributed by atoms with van der Waals surface area (Å²) in [6, 6.07) is 3.04. The van der Waals surface area contributed by atoms with Gasteiger partial charge in [-0.15, -0.1) is 34.3 Å². The van der Waals surface area contributed by atoms with E-state index < -0.39 is 11.9 Å². The van der Waals surface area contributed by atoms with Crippen LogP contribution in [0.15, 0.2) is 35.3 Å². The van der Waals surface area contributed by atoms with Gasteiger partial charge in [-0.1, -0.05) is 0 Å². The number of alkyl halides is 1. The third-order valence-electron chi connectivity index (χ3n) is 7.99. The first-order valence-electron chi connectivity index (χ1n) is 16.1. The van der Waals surface area contributed by atoms with E-state index in [0.717, 1.165) is 47.8 Å². The highest BCUT2D eigenvalue weighted by atomic mass is 35.5. The number of hydrogen-bond donors (Lipinski definition) is 1. The zero-order valence-electron chi connectivity index (χ0n) is 28.3. The number of halogens is 1. The molecule has 2 aliphatic rings. The van der Waals surface area contributed by atoms with Crippen molar-refractivity contribution < 1.29 is 28.7 Å². The molecule has 0 aliphatic carbocycles. The number of carbonyl (C=O) groups is 4. The number of methoxy groups -OCH3 is 2. The molecule has 6 heterocycles.